The summed E-state index contributed by atoms with van der Waals surface area (Å²) in [4.78, 5) is 30.2. The summed E-state index contributed by atoms with van der Waals surface area (Å²) in [6, 6.07) is 10.7. The number of esters is 1. The van der Waals surface area contributed by atoms with E-state index in [9.17, 15) is 9.59 Å². The fraction of sp³-hybridized carbons (Fsp3) is 0.333. The van der Waals surface area contributed by atoms with E-state index in [1.807, 2.05) is 31.3 Å². The Morgan fingerprint density at radius 2 is 1.75 bits per heavy atom. The molecule has 2 aromatic carbocycles. The highest BCUT2D eigenvalue weighted by Crippen LogP contribution is 2.29. The number of carbonyl (C=O) groups excluding carboxylic acids is 2. The minimum absolute atomic E-state index is 0.0439. The van der Waals surface area contributed by atoms with Crippen molar-refractivity contribution in [2.24, 2.45) is 0 Å². The third-order valence-corrected chi connectivity index (χ3v) is 5.07. The van der Waals surface area contributed by atoms with Crippen LogP contribution in [0.4, 0.5) is 10.5 Å². The van der Waals surface area contributed by atoms with Gasteiger partial charge in [0.2, 0.25) is 0 Å². The smallest absolute Gasteiger partial charge is 0.415 e. The quantitative estimate of drug-likeness (QED) is 0.410. The molecule has 0 unspecified atom stereocenters. The standard InChI is InChI=1S/C24H26Cl2N2O4/c1-5-16-10-20-17(6-7-27-20)11-21(16)28(13-22(29)32-24(2,3)4)23(30)31-14-15-8-18(25)12-19(26)9-15/h6-12,27H,5,13-14H2,1-4H3. The minimum atomic E-state index is -0.678. The first-order valence-electron chi connectivity index (χ1n) is 10.3. The fourth-order valence-electron chi connectivity index (χ4n) is 3.34. The molecule has 0 fully saturated rings. The zero-order chi connectivity index (χ0) is 23.5. The maximum Gasteiger partial charge on any atom is 0.415 e. The summed E-state index contributed by atoms with van der Waals surface area (Å²) in [5, 5.41) is 1.81. The SMILES string of the molecule is CCc1cc2[nH]ccc2cc1N(CC(=O)OC(C)(C)C)C(=O)OCc1cc(Cl)cc(Cl)c1. The number of amides is 1. The highest BCUT2D eigenvalue weighted by molar-refractivity contribution is 6.34. The lowest BCUT2D eigenvalue weighted by Gasteiger charge is -2.26. The van der Waals surface area contributed by atoms with Gasteiger partial charge in [-0.2, -0.15) is 0 Å². The van der Waals surface area contributed by atoms with E-state index in [0.717, 1.165) is 16.5 Å². The largest absolute Gasteiger partial charge is 0.459 e. The van der Waals surface area contributed by atoms with Crippen LogP contribution in [0.25, 0.3) is 10.9 Å². The maximum atomic E-state index is 13.2. The van der Waals surface area contributed by atoms with Gasteiger partial charge in [-0.05, 0) is 74.7 Å². The number of hydrogen-bond donors (Lipinski definition) is 1. The molecule has 0 radical (unpaired) electrons. The number of halogens is 2. The van der Waals surface area contributed by atoms with Crippen molar-refractivity contribution in [3.63, 3.8) is 0 Å². The van der Waals surface area contributed by atoms with Crippen LogP contribution >= 0.6 is 23.2 Å². The van der Waals surface area contributed by atoms with Crippen LogP contribution in [0.15, 0.2) is 42.6 Å². The Balaban J connectivity index is 1.91. The van der Waals surface area contributed by atoms with Crippen LogP contribution in [0.2, 0.25) is 10.0 Å². The second-order valence-corrected chi connectivity index (χ2v) is 9.28. The second-order valence-electron chi connectivity index (χ2n) is 8.40. The maximum absolute atomic E-state index is 13.2. The van der Waals surface area contributed by atoms with Gasteiger partial charge < -0.3 is 14.5 Å². The summed E-state index contributed by atoms with van der Waals surface area (Å²) in [5.41, 5.74) is 2.41. The average Bonchev–Trinajstić information content (AvgIpc) is 3.14. The molecule has 0 spiro atoms. The van der Waals surface area contributed by atoms with Crippen LogP contribution in [0.3, 0.4) is 0 Å². The lowest BCUT2D eigenvalue weighted by molar-refractivity contribution is -0.152. The van der Waals surface area contributed by atoms with E-state index in [1.54, 1.807) is 39.0 Å². The number of hydrogen-bond acceptors (Lipinski definition) is 4. The molecule has 1 heterocycles. The highest BCUT2D eigenvalue weighted by Gasteiger charge is 2.26. The number of nitrogens with zero attached hydrogens (tertiary/aromatic N) is 1. The van der Waals surface area contributed by atoms with E-state index < -0.39 is 17.7 Å². The molecule has 0 atom stereocenters. The number of fused-ring (bicyclic) bond motifs is 1. The predicted octanol–water partition coefficient (Wildman–Crippen LogP) is 6.52. The van der Waals surface area contributed by atoms with Gasteiger partial charge in [0.15, 0.2) is 0 Å². The molecule has 1 amide bonds. The molecular formula is C24H26Cl2N2O4. The van der Waals surface area contributed by atoms with Gasteiger partial charge >= 0.3 is 12.1 Å². The Kier molecular flexibility index (Phi) is 7.36. The number of ether oxygens (including phenoxy) is 2. The first-order valence-corrected chi connectivity index (χ1v) is 11.0. The van der Waals surface area contributed by atoms with Crippen molar-refractivity contribution < 1.29 is 19.1 Å². The summed E-state index contributed by atoms with van der Waals surface area (Å²) >= 11 is 12.1. The molecule has 1 N–H and O–H groups in total. The number of H-pyrrole nitrogens is 1. The van der Waals surface area contributed by atoms with Gasteiger partial charge in [0.05, 0.1) is 5.69 Å². The first-order chi connectivity index (χ1) is 15.1. The molecule has 0 bridgehead atoms. The van der Waals surface area contributed by atoms with Crippen molar-refractivity contribution in [1.29, 1.82) is 0 Å². The first kappa shape index (κ1) is 24.0. The summed E-state index contributed by atoms with van der Waals surface area (Å²) in [7, 11) is 0. The van der Waals surface area contributed by atoms with Crippen molar-refractivity contribution in [1.82, 2.24) is 4.98 Å². The van der Waals surface area contributed by atoms with E-state index in [2.05, 4.69) is 4.98 Å². The number of aromatic nitrogens is 1. The zero-order valence-corrected chi connectivity index (χ0v) is 20.0. The Labute approximate surface area is 197 Å². The third kappa shape index (κ3) is 6.17. The Morgan fingerprint density at radius 1 is 1.06 bits per heavy atom. The highest BCUT2D eigenvalue weighted by atomic mass is 35.5. The van der Waals surface area contributed by atoms with Gasteiger partial charge in [0.1, 0.15) is 18.8 Å². The molecule has 0 saturated carbocycles. The molecule has 3 aromatic rings. The van der Waals surface area contributed by atoms with Crippen LogP contribution in [0.1, 0.15) is 38.8 Å². The van der Waals surface area contributed by atoms with Gasteiger partial charge in [0.25, 0.3) is 0 Å². The van der Waals surface area contributed by atoms with Crippen LogP contribution in [-0.2, 0) is 27.3 Å². The number of rotatable bonds is 6. The van der Waals surface area contributed by atoms with E-state index in [0.29, 0.717) is 27.7 Å². The number of anilines is 1. The van der Waals surface area contributed by atoms with E-state index in [4.69, 9.17) is 32.7 Å². The minimum Gasteiger partial charge on any atom is -0.459 e. The molecule has 0 aliphatic heterocycles. The molecule has 6 nitrogen and oxygen atoms in total. The Hall–Kier alpha value is -2.70. The second kappa shape index (κ2) is 9.84. The monoisotopic (exact) mass is 476 g/mol. The number of carbonyl (C=O) groups is 2. The molecule has 8 heteroatoms. The molecule has 0 aliphatic rings. The fourth-order valence-corrected chi connectivity index (χ4v) is 3.91. The van der Waals surface area contributed by atoms with E-state index >= 15 is 0 Å². The van der Waals surface area contributed by atoms with Gasteiger partial charge in [-0.3, -0.25) is 9.69 Å². The van der Waals surface area contributed by atoms with Gasteiger partial charge in [-0.25, -0.2) is 4.79 Å². The molecule has 3 rings (SSSR count). The Morgan fingerprint density at radius 3 is 2.38 bits per heavy atom. The number of nitrogens with one attached hydrogen (secondary N) is 1. The normalized spacial score (nSPS) is 11.4. The van der Waals surface area contributed by atoms with Crippen molar-refractivity contribution in [3.8, 4) is 0 Å². The van der Waals surface area contributed by atoms with Crippen molar-refractivity contribution in [2.45, 2.75) is 46.3 Å². The molecule has 1 aromatic heterocycles. The average molecular weight is 477 g/mol. The lowest BCUT2D eigenvalue weighted by Crippen LogP contribution is -2.39. The summed E-state index contributed by atoms with van der Waals surface area (Å²) < 4.78 is 11.0. The van der Waals surface area contributed by atoms with Crippen molar-refractivity contribution in [2.75, 3.05) is 11.4 Å². The molecule has 0 aliphatic carbocycles. The third-order valence-electron chi connectivity index (χ3n) is 4.64. The van der Waals surface area contributed by atoms with Crippen LogP contribution in [-0.4, -0.2) is 29.2 Å². The summed E-state index contributed by atoms with van der Waals surface area (Å²) in [6.45, 7) is 6.99. The predicted molar refractivity (Wildman–Crippen MR) is 128 cm³/mol. The van der Waals surface area contributed by atoms with Crippen LogP contribution in [0.5, 0.6) is 0 Å². The lowest BCUT2D eigenvalue weighted by atomic mass is 10.1. The van der Waals surface area contributed by atoms with E-state index in [1.165, 1.54) is 4.90 Å². The van der Waals surface area contributed by atoms with Crippen molar-refractivity contribution >= 4 is 51.9 Å². The van der Waals surface area contributed by atoms with Crippen LogP contribution in [0, 0.1) is 0 Å². The Bertz CT molecular complexity index is 1110. The number of benzene rings is 2. The van der Waals surface area contributed by atoms with Crippen LogP contribution < -0.4 is 4.90 Å². The molecule has 0 saturated heterocycles. The van der Waals surface area contributed by atoms with Gasteiger partial charge in [-0.1, -0.05) is 30.1 Å². The topological polar surface area (TPSA) is 71.6 Å². The van der Waals surface area contributed by atoms with Gasteiger partial charge in [-0.15, -0.1) is 0 Å². The number of aryl methyl sites for hydroxylation is 1. The molecular weight excluding hydrogens is 451 g/mol. The summed E-state index contributed by atoms with van der Waals surface area (Å²) in [5.74, 6) is -0.531. The zero-order valence-electron chi connectivity index (χ0n) is 18.5. The molecule has 32 heavy (non-hydrogen) atoms. The molecule has 170 valence electrons. The van der Waals surface area contributed by atoms with Crippen molar-refractivity contribution in [3.05, 3.63) is 63.8 Å². The van der Waals surface area contributed by atoms with Gasteiger partial charge in [0, 0.05) is 27.1 Å². The number of aromatic amines is 1. The summed E-state index contributed by atoms with van der Waals surface area (Å²) in [6.07, 6.45) is 1.82. The van der Waals surface area contributed by atoms with E-state index in [-0.39, 0.29) is 13.2 Å².